The Morgan fingerprint density at radius 1 is 0.943 bits per heavy atom. The molecule has 0 spiro atoms. The SMILES string of the molecule is CN1Cc2cc(-c3ccc(-c4cncc(CS(=O)(=O)c5c(F)cc(F)cc5F)c4)s3)ccc2C1=O. The number of halogens is 3. The van der Waals surface area contributed by atoms with Gasteiger partial charge in [0.25, 0.3) is 5.91 Å². The lowest BCUT2D eigenvalue weighted by molar-refractivity contribution is 0.0816. The third kappa shape index (κ3) is 4.35. The number of nitrogens with zero attached hydrogens (tertiary/aromatic N) is 2. The Balaban J connectivity index is 1.42. The van der Waals surface area contributed by atoms with E-state index in [0.717, 1.165) is 20.9 Å². The van der Waals surface area contributed by atoms with Crippen LogP contribution >= 0.6 is 11.3 Å². The van der Waals surface area contributed by atoms with Crippen LogP contribution in [-0.2, 0) is 22.1 Å². The van der Waals surface area contributed by atoms with Gasteiger partial charge >= 0.3 is 0 Å². The highest BCUT2D eigenvalue weighted by atomic mass is 32.2. The van der Waals surface area contributed by atoms with E-state index in [1.165, 1.54) is 17.5 Å². The van der Waals surface area contributed by atoms with Crippen LogP contribution in [0.4, 0.5) is 13.2 Å². The highest BCUT2D eigenvalue weighted by molar-refractivity contribution is 7.90. The molecule has 5 nitrogen and oxygen atoms in total. The fraction of sp³-hybridized carbons (Fsp3) is 0.120. The van der Waals surface area contributed by atoms with Gasteiger partial charge in [-0.05, 0) is 47.0 Å². The molecule has 10 heteroatoms. The van der Waals surface area contributed by atoms with Crippen molar-refractivity contribution in [2.75, 3.05) is 7.05 Å². The molecule has 0 radical (unpaired) electrons. The number of rotatable bonds is 5. The van der Waals surface area contributed by atoms with Crippen molar-refractivity contribution in [2.24, 2.45) is 0 Å². The zero-order valence-electron chi connectivity index (χ0n) is 18.3. The van der Waals surface area contributed by atoms with Gasteiger partial charge in [0.1, 0.15) is 22.3 Å². The Labute approximate surface area is 203 Å². The summed E-state index contributed by atoms with van der Waals surface area (Å²) in [5, 5.41) is 0. The molecule has 178 valence electrons. The number of hydrogen-bond acceptors (Lipinski definition) is 5. The van der Waals surface area contributed by atoms with Crippen LogP contribution in [-0.4, -0.2) is 31.3 Å². The van der Waals surface area contributed by atoms with E-state index in [1.807, 2.05) is 30.3 Å². The summed E-state index contributed by atoms with van der Waals surface area (Å²) in [6.07, 6.45) is 2.88. The molecule has 0 saturated heterocycles. The number of thiophene rings is 1. The number of carbonyl (C=O) groups excluding carboxylic acids is 1. The smallest absolute Gasteiger partial charge is 0.254 e. The van der Waals surface area contributed by atoms with Gasteiger partial charge in [0.05, 0.1) is 5.75 Å². The number of pyridine rings is 1. The summed E-state index contributed by atoms with van der Waals surface area (Å²) in [6.45, 7) is 0.552. The lowest BCUT2D eigenvalue weighted by Crippen LogP contribution is -2.17. The Bertz CT molecular complexity index is 1580. The molecule has 0 atom stereocenters. The molecule has 5 rings (SSSR count). The molecule has 2 aromatic heterocycles. The molecule has 35 heavy (non-hydrogen) atoms. The molecule has 1 aliphatic heterocycles. The lowest BCUT2D eigenvalue weighted by Gasteiger charge is -2.08. The lowest BCUT2D eigenvalue weighted by atomic mass is 10.1. The molecule has 0 unspecified atom stereocenters. The quantitative estimate of drug-likeness (QED) is 0.332. The van der Waals surface area contributed by atoms with Crippen molar-refractivity contribution < 1.29 is 26.4 Å². The summed E-state index contributed by atoms with van der Waals surface area (Å²) in [7, 11) is -2.67. The molecule has 4 aromatic rings. The average molecular weight is 515 g/mol. The minimum atomic E-state index is -4.43. The van der Waals surface area contributed by atoms with Crippen molar-refractivity contribution in [3.05, 3.63) is 95.1 Å². The minimum absolute atomic E-state index is 0.00309. The largest absolute Gasteiger partial charge is 0.337 e. The monoisotopic (exact) mass is 514 g/mol. The van der Waals surface area contributed by atoms with Gasteiger partial charge in [0, 0.05) is 59.0 Å². The highest BCUT2D eigenvalue weighted by Gasteiger charge is 2.26. The first-order chi connectivity index (χ1) is 16.6. The molecule has 2 aromatic carbocycles. The molecule has 0 fully saturated rings. The fourth-order valence-corrected chi connectivity index (χ4v) is 6.52. The van der Waals surface area contributed by atoms with E-state index in [-0.39, 0.29) is 11.5 Å². The van der Waals surface area contributed by atoms with Crippen LogP contribution in [0.2, 0.25) is 0 Å². The maximum Gasteiger partial charge on any atom is 0.254 e. The fourth-order valence-electron chi connectivity index (χ4n) is 4.09. The average Bonchev–Trinajstić information content (AvgIpc) is 3.37. The minimum Gasteiger partial charge on any atom is -0.337 e. The van der Waals surface area contributed by atoms with E-state index in [9.17, 15) is 26.4 Å². The van der Waals surface area contributed by atoms with E-state index >= 15 is 0 Å². The summed E-state index contributed by atoms with van der Waals surface area (Å²) in [4.78, 5) is 18.5. The molecule has 1 aliphatic rings. The number of fused-ring (bicyclic) bond motifs is 1. The van der Waals surface area contributed by atoms with E-state index in [4.69, 9.17) is 0 Å². The van der Waals surface area contributed by atoms with Gasteiger partial charge in [-0.3, -0.25) is 9.78 Å². The molecular formula is C25H17F3N2O3S2. The van der Waals surface area contributed by atoms with Gasteiger partial charge in [-0.25, -0.2) is 21.6 Å². The number of aromatic nitrogens is 1. The van der Waals surface area contributed by atoms with Crippen molar-refractivity contribution in [1.29, 1.82) is 0 Å². The van der Waals surface area contributed by atoms with Crippen molar-refractivity contribution in [2.45, 2.75) is 17.2 Å². The third-order valence-corrected chi connectivity index (χ3v) is 8.60. The van der Waals surface area contributed by atoms with Crippen molar-refractivity contribution in [1.82, 2.24) is 9.88 Å². The molecule has 0 saturated carbocycles. The number of carbonyl (C=O) groups is 1. The topological polar surface area (TPSA) is 67.3 Å². The van der Waals surface area contributed by atoms with Crippen LogP contribution in [0.25, 0.3) is 20.9 Å². The standard InChI is InChI=1S/C25H17F3N2O3S2/c1-30-12-17-7-15(2-3-19(17)25(30)31)22-4-5-23(34-22)16-6-14(10-29-11-16)13-35(32,33)24-20(27)8-18(26)9-21(24)28/h2-11H,12-13H2,1H3. The number of sulfone groups is 1. The predicted molar refractivity (Wildman–Crippen MR) is 126 cm³/mol. The second kappa shape index (κ2) is 8.62. The van der Waals surface area contributed by atoms with Crippen LogP contribution in [0.5, 0.6) is 0 Å². The van der Waals surface area contributed by atoms with Crippen molar-refractivity contribution in [3.8, 4) is 20.9 Å². The molecule has 3 heterocycles. The number of amides is 1. The Kier molecular flexibility index (Phi) is 5.72. The second-order valence-electron chi connectivity index (χ2n) is 8.24. The van der Waals surface area contributed by atoms with Crippen molar-refractivity contribution >= 4 is 27.1 Å². The zero-order valence-corrected chi connectivity index (χ0v) is 19.9. The Hall–Kier alpha value is -3.50. The first-order valence-corrected chi connectivity index (χ1v) is 12.9. The van der Waals surface area contributed by atoms with E-state index < -0.39 is 37.9 Å². The summed E-state index contributed by atoms with van der Waals surface area (Å²) in [6, 6.07) is 11.8. The van der Waals surface area contributed by atoms with E-state index in [0.29, 0.717) is 29.8 Å². The van der Waals surface area contributed by atoms with E-state index in [2.05, 4.69) is 4.98 Å². The Morgan fingerprint density at radius 3 is 2.34 bits per heavy atom. The van der Waals surface area contributed by atoms with Crippen LogP contribution in [0, 0.1) is 17.5 Å². The van der Waals surface area contributed by atoms with Crippen LogP contribution < -0.4 is 0 Å². The zero-order chi connectivity index (χ0) is 24.9. The van der Waals surface area contributed by atoms with Gasteiger partial charge in [-0.1, -0.05) is 6.07 Å². The molecule has 0 aliphatic carbocycles. The van der Waals surface area contributed by atoms with Crippen LogP contribution in [0.3, 0.4) is 0 Å². The number of benzene rings is 2. The van der Waals surface area contributed by atoms with Gasteiger partial charge in [-0.15, -0.1) is 11.3 Å². The molecule has 1 amide bonds. The molecular weight excluding hydrogens is 497 g/mol. The second-order valence-corrected chi connectivity index (χ2v) is 11.2. The highest BCUT2D eigenvalue weighted by Crippen LogP contribution is 2.36. The third-order valence-electron chi connectivity index (χ3n) is 5.69. The van der Waals surface area contributed by atoms with Gasteiger partial charge in [0.15, 0.2) is 9.84 Å². The van der Waals surface area contributed by atoms with Crippen LogP contribution in [0.1, 0.15) is 21.5 Å². The summed E-state index contributed by atoms with van der Waals surface area (Å²) >= 11 is 1.47. The first kappa shape index (κ1) is 23.3. The van der Waals surface area contributed by atoms with Crippen LogP contribution in [0.15, 0.2) is 65.8 Å². The normalized spacial score (nSPS) is 13.4. The van der Waals surface area contributed by atoms with Gasteiger partial charge in [0.2, 0.25) is 0 Å². The number of hydrogen-bond donors (Lipinski definition) is 0. The van der Waals surface area contributed by atoms with E-state index in [1.54, 1.807) is 24.2 Å². The van der Waals surface area contributed by atoms with Crippen molar-refractivity contribution in [3.63, 3.8) is 0 Å². The van der Waals surface area contributed by atoms with Gasteiger partial charge < -0.3 is 4.90 Å². The summed E-state index contributed by atoms with van der Waals surface area (Å²) in [5.41, 5.74) is 3.49. The van der Waals surface area contributed by atoms with Gasteiger partial charge in [-0.2, -0.15) is 0 Å². The summed E-state index contributed by atoms with van der Waals surface area (Å²) < 4.78 is 66.6. The Morgan fingerprint density at radius 2 is 1.63 bits per heavy atom. The molecule has 0 bridgehead atoms. The predicted octanol–water partition coefficient (Wildman–Crippen LogP) is 5.45. The maximum atomic E-state index is 14.0. The molecule has 0 N–H and O–H groups in total. The summed E-state index contributed by atoms with van der Waals surface area (Å²) in [5.74, 6) is -4.85. The first-order valence-electron chi connectivity index (χ1n) is 10.4. The maximum absolute atomic E-state index is 14.0.